The number of carbonyl (C=O) groups excluding carboxylic acids is 1. The van der Waals surface area contributed by atoms with Crippen LogP contribution in [0, 0.1) is 0 Å². The molecule has 0 aliphatic carbocycles. The average Bonchev–Trinajstić information content (AvgIpc) is 2.72. The third-order valence-corrected chi connectivity index (χ3v) is 5.62. The Balaban J connectivity index is 3.32. The largest absolute Gasteiger partial charge is 0.469 e. The van der Waals surface area contributed by atoms with Crippen molar-refractivity contribution < 1.29 is 28.8 Å². The summed E-state index contributed by atoms with van der Waals surface area (Å²) in [6.07, 6.45) is 22.4. The first-order chi connectivity index (χ1) is 14.8. The third-order valence-electron chi connectivity index (χ3n) is 5.14. The minimum Gasteiger partial charge on any atom is -0.389 e. The van der Waals surface area contributed by atoms with E-state index >= 15 is 0 Å². The molecule has 0 heterocycles. The summed E-state index contributed by atoms with van der Waals surface area (Å²) in [7, 11) is -4.59. The van der Waals surface area contributed by atoms with E-state index in [2.05, 4.69) is 28.9 Å². The zero-order valence-electron chi connectivity index (χ0n) is 19.5. The van der Waals surface area contributed by atoms with Crippen molar-refractivity contribution in [3.63, 3.8) is 0 Å². The highest BCUT2D eigenvalue weighted by Gasteiger charge is 2.17. The van der Waals surface area contributed by atoms with Crippen LogP contribution >= 0.6 is 7.82 Å². The first-order valence-corrected chi connectivity index (χ1v) is 13.7. The summed E-state index contributed by atoms with van der Waals surface area (Å²) in [6, 6.07) is 0. The number of carbonyl (C=O) groups is 1. The SMILES string of the molecule is CCCCCC/C=C/CCCCCCCCCCCC(=O)NCC(O)COP(=O)(O)O. The Morgan fingerprint density at radius 1 is 0.871 bits per heavy atom. The molecule has 0 aliphatic heterocycles. The van der Waals surface area contributed by atoms with Crippen molar-refractivity contribution >= 4 is 13.7 Å². The zero-order valence-corrected chi connectivity index (χ0v) is 20.4. The molecular weight excluding hydrogens is 417 g/mol. The van der Waals surface area contributed by atoms with Gasteiger partial charge >= 0.3 is 7.82 Å². The Morgan fingerprint density at radius 3 is 1.87 bits per heavy atom. The molecule has 0 bridgehead atoms. The number of rotatable bonds is 22. The molecule has 8 heteroatoms. The lowest BCUT2D eigenvalue weighted by atomic mass is 10.1. The van der Waals surface area contributed by atoms with Gasteiger partial charge in [0.15, 0.2) is 0 Å². The average molecular weight is 464 g/mol. The fourth-order valence-corrected chi connectivity index (χ4v) is 3.64. The number of unbranched alkanes of at least 4 members (excludes halogenated alkanes) is 13. The Bertz CT molecular complexity index is 494. The third kappa shape index (κ3) is 25.4. The topological polar surface area (TPSA) is 116 Å². The van der Waals surface area contributed by atoms with E-state index in [9.17, 15) is 14.5 Å². The molecule has 7 nitrogen and oxygen atoms in total. The highest BCUT2D eigenvalue weighted by Crippen LogP contribution is 2.35. The lowest BCUT2D eigenvalue weighted by Crippen LogP contribution is -2.34. The minimum atomic E-state index is -4.59. The second-order valence-corrected chi connectivity index (χ2v) is 9.52. The molecule has 0 aromatic carbocycles. The van der Waals surface area contributed by atoms with Crippen LogP contribution in [0.3, 0.4) is 0 Å². The van der Waals surface area contributed by atoms with Gasteiger partial charge < -0.3 is 20.2 Å². The number of aliphatic hydroxyl groups excluding tert-OH is 1. The van der Waals surface area contributed by atoms with Crippen LogP contribution in [0.15, 0.2) is 12.2 Å². The molecular formula is C23H46NO6P. The highest BCUT2D eigenvalue weighted by molar-refractivity contribution is 7.46. The summed E-state index contributed by atoms with van der Waals surface area (Å²) in [5.74, 6) is -0.162. The number of allylic oxidation sites excluding steroid dienone is 2. The Kier molecular flexibility index (Phi) is 20.7. The van der Waals surface area contributed by atoms with Crippen LogP contribution in [-0.4, -0.2) is 40.1 Å². The highest BCUT2D eigenvalue weighted by atomic mass is 31.2. The van der Waals surface area contributed by atoms with Crippen LogP contribution in [0.2, 0.25) is 0 Å². The molecule has 1 amide bonds. The maximum atomic E-state index is 11.7. The van der Waals surface area contributed by atoms with Crippen LogP contribution in [0.5, 0.6) is 0 Å². The Labute approximate surface area is 189 Å². The maximum absolute atomic E-state index is 11.7. The normalized spacial score (nSPS) is 13.0. The van der Waals surface area contributed by atoms with Crippen molar-refractivity contribution in [1.82, 2.24) is 5.32 Å². The van der Waals surface area contributed by atoms with Crippen molar-refractivity contribution in [3.05, 3.63) is 12.2 Å². The molecule has 0 spiro atoms. The molecule has 1 unspecified atom stereocenters. The molecule has 31 heavy (non-hydrogen) atoms. The van der Waals surface area contributed by atoms with Gasteiger partial charge in [0.05, 0.1) is 12.7 Å². The molecule has 0 fully saturated rings. The van der Waals surface area contributed by atoms with Crippen molar-refractivity contribution in [2.24, 2.45) is 0 Å². The maximum Gasteiger partial charge on any atom is 0.469 e. The Hall–Kier alpha value is -0.720. The standard InChI is InChI=1S/C23H46NO6P/c1-2-3-4-5-6-7-8-9-10-11-12-13-14-15-16-17-18-19-23(26)24-20-22(25)21-30-31(27,28)29/h7-8,22,25H,2-6,9-21H2,1H3,(H,24,26)(H2,27,28,29)/b8-7+. The fraction of sp³-hybridized carbons (Fsp3) is 0.870. The molecule has 1 atom stereocenters. The number of hydrogen-bond donors (Lipinski definition) is 4. The second kappa shape index (κ2) is 21.1. The van der Waals surface area contributed by atoms with E-state index in [1.807, 2.05) is 0 Å². The smallest absolute Gasteiger partial charge is 0.389 e. The molecule has 0 rings (SSSR count). The number of amides is 1. The molecule has 0 aromatic rings. The van der Waals surface area contributed by atoms with Gasteiger partial charge in [-0.25, -0.2) is 4.57 Å². The fourth-order valence-electron chi connectivity index (χ4n) is 3.27. The Morgan fingerprint density at radius 2 is 1.35 bits per heavy atom. The van der Waals surface area contributed by atoms with E-state index in [0.717, 1.165) is 19.3 Å². The first-order valence-electron chi connectivity index (χ1n) is 12.1. The van der Waals surface area contributed by atoms with E-state index in [4.69, 9.17) is 9.79 Å². The molecule has 0 radical (unpaired) electrons. The van der Waals surface area contributed by atoms with Gasteiger partial charge in [0.2, 0.25) is 5.91 Å². The van der Waals surface area contributed by atoms with E-state index in [1.54, 1.807) is 0 Å². The molecule has 4 N–H and O–H groups in total. The van der Waals surface area contributed by atoms with Gasteiger partial charge in [0, 0.05) is 13.0 Å². The number of phosphoric acid groups is 1. The van der Waals surface area contributed by atoms with Gasteiger partial charge in [0.1, 0.15) is 0 Å². The second-order valence-electron chi connectivity index (χ2n) is 8.29. The van der Waals surface area contributed by atoms with Crippen LogP contribution in [0.4, 0.5) is 0 Å². The van der Waals surface area contributed by atoms with Gasteiger partial charge in [-0.1, -0.05) is 83.3 Å². The van der Waals surface area contributed by atoms with Crippen LogP contribution in [0.1, 0.15) is 110 Å². The van der Waals surface area contributed by atoms with E-state index in [0.29, 0.717) is 6.42 Å². The number of phosphoric ester groups is 1. The minimum absolute atomic E-state index is 0.0758. The molecule has 0 saturated carbocycles. The monoisotopic (exact) mass is 463 g/mol. The number of aliphatic hydroxyl groups is 1. The number of hydrogen-bond acceptors (Lipinski definition) is 4. The first kappa shape index (κ1) is 30.3. The summed E-state index contributed by atoms with van der Waals surface area (Å²) in [5, 5.41) is 12.0. The summed E-state index contributed by atoms with van der Waals surface area (Å²) in [4.78, 5) is 28.8. The molecule has 0 aromatic heterocycles. The molecule has 184 valence electrons. The summed E-state index contributed by atoms with van der Waals surface area (Å²) >= 11 is 0. The van der Waals surface area contributed by atoms with Crippen molar-refractivity contribution in [3.8, 4) is 0 Å². The predicted molar refractivity (Wildman–Crippen MR) is 126 cm³/mol. The van der Waals surface area contributed by atoms with Gasteiger partial charge in [-0.15, -0.1) is 0 Å². The van der Waals surface area contributed by atoms with Crippen molar-refractivity contribution in [1.29, 1.82) is 0 Å². The van der Waals surface area contributed by atoms with E-state index in [-0.39, 0.29) is 12.5 Å². The van der Waals surface area contributed by atoms with E-state index < -0.39 is 20.5 Å². The van der Waals surface area contributed by atoms with Crippen LogP contribution < -0.4 is 5.32 Å². The summed E-state index contributed by atoms with van der Waals surface area (Å²) in [5.41, 5.74) is 0. The van der Waals surface area contributed by atoms with Gasteiger partial charge in [0.25, 0.3) is 0 Å². The molecule has 0 saturated heterocycles. The van der Waals surface area contributed by atoms with Gasteiger partial charge in [-0.3, -0.25) is 9.32 Å². The number of nitrogens with one attached hydrogen (secondary N) is 1. The van der Waals surface area contributed by atoms with Gasteiger partial charge in [-0.05, 0) is 32.1 Å². The zero-order chi connectivity index (χ0) is 23.2. The van der Waals surface area contributed by atoms with Gasteiger partial charge in [-0.2, -0.15) is 0 Å². The lowest BCUT2D eigenvalue weighted by molar-refractivity contribution is -0.121. The lowest BCUT2D eigenvalue weighted by Gasteiger charge is -2.12. The molecule has 0 aliphatic rings. The van der Waals surface area contributed by atoms with Crippen LogP contribution in [-0.2, 0) is 13.9 Å². The predicted octanol–water partition coefficient (Wildman–Crippen LogP) is 5.39. The van der Waals surface area contributed by atoms with Crippen LogP contribution in [0.25, 0.3) is 0 Å². The summed E-state index contributed by atoms with van der Waals surface area (Å²) < 4.78 is 14.7. The quantitative estimate of drug-likeness (QED) is 0.0972. The van der Waals surface area contributed by atoms with Crippen molar-refractivity contribution in [2.75, 3.05) is 13.2 Å². The van der Waals surface area contributed by atoms with E-state index in [1.165, 1.54) is 77.0 Å². The van der Waals surface area contributed by atoms with Crippen molar-refractivity contribution in [2.45, 2.75) is 116 Å². The summed E-state index contributed by atoms with van der Waals surface area (Å²) in [6.45, 7) is 1.66.